The van der Waals surface area contributed by atoms with Crippen LogP contribution in [0.15, 0.2) is 65.7 Å². The Bertz CT molecular complexity index is 897. The Morgan fingerprint density at radius 3 is 2.68 bits per heavy atom. The summed E-state index contributed by atoms with van der Waals surface area (Å²) in [7, 11) is 0. The summed E-state index contributed by atoms with van der Waals surface area (Å²) in [5.74, 6) is 0.642. The van der Waals surface area contributed by atoms with Crippen molar-refractivity contribution in [2.45, 2.75) is 4.90 Å². The first-order valence-corrected chi connectivity index (χ1v) is 9.13. The quantitative estimate of drug-likeness (QED) is 0.402. The smallest absolute Gasteiger partial charge is 0.244 e. The Balaban J connectivity index is 1.46. The third-order valence-electron chi connectivity index (χ3n) is 3.36. The lowest BCUT2D eigenvalue weighted by molar-refractivity contribution is -0.116. The summed E-state index contributed by atoms with van der Waals surface area (Å²) >= 11 is 7.52. The van der Waals surface area contributed by atoms with Crippen molar-refractivity contribution < 1.29 is 4.79 Å². The average molecular weight is 370 g/mol. The van der Waals surface area contributed by atoms with Gasteiger partial charge in [-0.3, -0.25) is 9.78 Å². The predicted octanol–water partition coefficient (Wildman–Crippen LogP) is 4.20. The van der Waals surface area contributed by atoms with Crippen molar-refractivity contribution in [2.75, 3.05) is 12.3 Å². The molecule has 3 aromatic rings. The molecule has 0 saturated carbocycles. The zero-order valence-corrected chi connectivity index (χ0v) is 14.9. The van der Waals surface area contributed by atoms with Gasteiger partial charge in [0.25, 0.3) is 0 Å². The Morgan fingerprint density at radius 1 is 1.12 bits per heavy atom. The number of aromatic nitrogens is 2. The van der Waals surface area contributed by atoms with Crippen molar-refractivity contribution in [3.05, 3.63) is 71.5 Å². The largest absolute Gasteiger partial charge is 0.352 e. The summed E-state index contributed by atoms with van der Waals surface area (Å²) in [6.07, 6.45) is 4.80. The zero-order valence-electron chi connectivity index (χ0n) is 13.4. The molecule has 0 bridgehead atoms. The molecule has 126 valence electrons. The van der Waals surface area contributed by atoms with Crippen LogP contribution in [0.3, 0.4) is 0 Å². The van der Waals surface area contributed by atoms with Crippen LogP contribution in [0, 0.1) is 0 Å². The van der Waals surface area contributed by atoms with Crippen LogP contribution in [0.25, 0.3) is 17.1 Å². The van der Waals surface area contributed by atoms with Gasteiger partial charge in [0.15, 0.2) is 0 Å². The third kappa shape index (κ3) is 5.31. The number of fused-ring (bicyclic) bond motifs is 1. The molecule has 0 radical (unpaired) electrons. The number of halogens is 1. The number of hydrogen-bond donors (Lipinski definition) is 1. The molecule has 2 aromatic carbocycles. The number of nitrogens with zero attached hydrogens (tertiary/aromatic N) is 2. The molecular weight excluding hydrogens is 354 g/mol. The summed E-state index contributed by atoms with van der Waals surface area (Å²) in [4.78, 5) is 21.8. The maximum Gasteiger partial charge on any atom is 0.244 e. The molecule has 0 unspecified atom stereocenters. The average Bonchev–Trinajstić information content (AvgIpc) is 2.65. The number of carbonyl (C=O) groups excluding carboxylic acids is 1. The highest BCUT2D eigenvalue weighted by Crippen LogP contribution is 2.19. The van der Waals surface area contributed by atoms with E-state index in [2.05, 4.69) is 15.3 Å². The highest BCUT2D eigenvalue weighted by Gasteiger charge is 1.99. The maximum absolute atomic E-state index is 11.9. The van der Waals surface area contributed by atoms with Crippen LogP contribution in [-0.2, 0) is 4.79 Å². The van der Waals surface area contributed by atoms with Crippen LogP contribution in [-0.4, -0.2) is 28.2 Å². The van der Waals surface area contributed by atoms with Crippen molar-refractivity contribution in [2.24, 2.45) is 0 Å². The minimum atomic E-state index is -0.147. The van der Waals surface area contributed by atoms with Crippen molar-refractivity contribution in [1.29, 1.82) is 0 Å². The first-order valence-electron chi connectivity index (χ1n) is 7.77. The molecule has 0 spiro atoms. The lowest BCUT2D eigenvalue weighted by Gasteiger charge is -2.03. The summed E-state index contributed by atoms with van der Waals surface area (Å²) < 4.78 is 0. The van der Waals surface area contributed by atoms with Crippen LogP contribution in [0.2, 0.25) is 5.02 Å². The molecule has 0 aliphatic rings. The van der Waals surface area contributed by atoms with E-state index < -0.39 is 0 Å². The molecular formula is C19H16ClN3OS. The first kappa shape index (κ1) is 17.5. The lowest BCUT2D eigenvalue weighted by atomic mass is 10.3. The highest BCUT2D eigenvalue weighted by molar-refractivity contribution is 7.99. The number of benzene rings is 2. The number of rotatable bonds is 6. The molecule has 1 N–H and O–H groups in total. The molecule has 0 saturated heterocycles. The minimum absolute atomic E-state index is 0.147. The van der Waals surface area contributed by atoms with Crippen molar-refractivity contribution in [1.82, 2.24) is 15.3 Å². The minimum Gasteiger partial charge on any atom is -0.352 e. The van der Waals surface area contributed by atoms with Gasteiger partial charge >= 0.3 is 0 Å². The SMILES string of the molecule is O=C(/C=C/c1cnc2ccccc2n1)NCCSc1ccc(Cl)cc1. The monoisotopic (exact) mass is 369 g/mol. The van der Waals surface area contributed by atoms with Gasteiger partial charge in [-0.1, -0.05) is 23.7 Å². The van der Waals surface area contributed by atoms with Crippen molar-refractivity contribution >= 4 is 46.4 Å². The molecule has 4 nitrogen and oxygen atoms in total. The van der Waals surface area contributed by atoms with E-state index in [4.69, 9.17) is 11.6 Å². The number of nitrogens with one attached hydrogen (secondary N) is 1. The van der Waals surface area contributed by atoms with Crippen LogP contribution in [0.5, 0.6) is 0 Å². The van der Waals surface area contributed by atoms with E-state index in [1.165, 1.54) is 6.08 Å². The molecule has 0 aliphatic heterocycles. The van der Waals surface area contributed by atoms with E-state index >= 15 is 0 Å². The summed E-state index contributed by atoms with van der Waals surface area (Å²) in [6, 6.07) is 15.3. The molecule has 1 heterocycles. The summed E-state index contributed by atoms with van der Waals surface area (Å²) in [6.45, 7) is 0.583. The zero-order chi connectivity index (χ0) is 17.5. The topological polar surface area (TPSA) is 54.9 Å². The number of hydrogen-bond acceptors (Lipinski definition) is 4. The molecule has 0 aliphatic carbocycles. The fourth-order valence-corrected chi connectivity index (χ4v) is 3.04. The van der Waals surface area contributed by atoms with Crippen LogP contribution < -0.4 is 5.32 Å². The van der Waals surface area contributed by atoms with E-state index in [0.29, 0.717) is 12.2 Å². The van der Waals surface area contributed by atoms with Gasteiger partial charge < -0.3 is 5.32 Å². The Kier molecular flexibility index (Phi) is 6.04. The van der Waals surface area contributed by atoms with E-state index in [1.54, 1.807) is 24.0 Å². The van der Waals surface area contributed by atoms with E-state index in [0.717, 1.165) is 26.7 Å². The molecule has 0 atom stereocenters. The van der Waals surface area contributed by atoms with E-state index in [9.17, 15) is 4.79 Å². The summed E-state index contributed by atoms with van der Waals surface area (Å²) in [5, 5.41) is 3.57. The van der Waals surface area contributed by atoms with Gasteiger partial charge in [0.05, 0.1) is 22.9 Å². The molecule has 0 fully saturated rings. The third-order valence-corrected chi connectivity index (χ3v) is 4.62. The van der Waals surface area contributed by atoms with Gasteiger partial charge in [-0.25, -0.2) is 4.98 Å². The Hall–Kier alpha value is -2.37. The highest BCUT2D eigenvalue weighted by atomic mass is 35.5. The van der Waals surface area contributed by atoms with Gasteiger partial charge in [0.2, 0.25) is 5.91 Å². The van der Waals surface area contributed by atoms with Gasteiger partial charge in [-0.2, -0.15) is 0 Å². The molecule has 6 heteroatoms. The van der Waals surface area contributed by atoms with E-state index in [1.807, 2.05) is 48.5 Å². The molecule has 1 aromatic heterocycles. The van der Waals surface area contributed by atoms with E-state index in [-0.39, 0.29) is 5.91 Å². The molecule has 25 heavy (non-hydrogen) atoms. The summed E-state index contributed by atoms with van der Waals surface area (Å²) in [5.41, 5.74) is 2.30. The maximum atomic E-state index is 11.9. The second-order valence-electron chi connectivity index (χ2n) is 5.21. The van der Waals surface area contributed by atoms with Gasteiger partial charge in [0, 0.05) is 28.3 Å². The number of amides is 1. The van der Waals surface area contributed by atoms with Crippen molar-refractivity contribution in [3.8, 4) is 0 Å². The fraction of sp³-hybridized carbons (Fsp3) is 0.105. The van der Waals surface area contributed by atoms with Gasteiger partial charge in [-0.05, 0) is 42.5 Å². The van der Waals surface area contributed by atoms with Crippen LogP contribution in [0.4, 0.5) is 0 Å². The number of para-hydroxylation sites is 2. The van der Waals surface area contributed by atoms with Gasteiger partial charge in [0.1, 0.15) is 0 Å². The standard InChI is InChI=1S/C19H16ClN3OS/c20-14-5-8-16(9-6-14)25-12-11-21-19(24)10-7-15-13-22-17-3-1-2-4-18(17)23-15/h1-10,13H,11-12H2,(H,21,24)/b10-7+. The van der Waals surface area contributed by atoms with Crippen LogP contribution >= 0.6 is 23.4 Å². The Labute approximate surface area is 155 Å². The lowest BCUT2D eigenvalue weighted by Crippen LogP contribution is -2.23. The van der Waals surface area contributed by atoms with Crippen molar-refractivity contribution in [3.63, 3.8) is 0 Å². The fourth-order valence-electron chi connectivity index (χ4n) is 2.15. The van der Waals surface area contributed by atoms with Crippen LogP contribution in [0.1, 0.15) is 5.69 Å². The molecule has 3 rings (SSSR count). The first-order chi connectivity index (χ1) is 12.2. The Morgan fingerprint density at radius 2 is 1.88 bits per heavy atom. The normalized spacial score (nSPS) is 11.1. The number of thioether (sulfide) groups is 1. The number of carbonyl (C=O) groups is 1. The second kappa shape index (κ2) is 8.65. The van der Waals surface area contributed by atoms with Gasteiger partial charge in [-0.15, -0.1) is 11.8 Å². The predicted molar refractivity (Wildman–Crippen MR) is 104 cm³/mol. The second-order valence-corrected chi connectivity index (χ2v) is 6.82. The molecule has 1 amide bonds.